The summed E-state index contributed by atoms with van der Waals surface area (Å²) in [4.78, 5) is 26.0. The summed E-state index contributed by atoms with van der Waals surface area (Å²) in [5.41, 5.74) is -0.684. The molecule has 110 valence electrons. The van der Waals surface area contributed by atoms with Crippen LogP contribution in [0.5, 0.6) is 0 Å². The van der Waals surface area contributed by atoms with Crippen molar-refractivity contribution in [3.63, 3.8) is 0 Å². The van der Waals surface area contributed by atoms with Crippen LogP contribution in [-0.4, -0.2) is 30.6 Å². The van der Waals surface area contributed by atoms with Gasteiger partial charge in [0.2, 0.25) is 5.15 Å². The molecule has 0 bridgehead atoms. The summed E-state index contributed by atoms with van der Waals surface area (Å²) in [6.07, 6.45) is 2.72. The number of aryl methyl sites for hydroxylation is 1. The van der Waals surface area contributed by atoms with Gasteiger partial charge in [-0.3, -0.25) is 14.9 Å². The zero-order valence-corrected chi connectivity index (χ0v) is 11.9. The van der Waals surface area contributed by atoms with Crippen molar-refractivity contribution in [1.29, 1.82) is 0 Å². The Morgan fingerprint density at radius 3 is 2.86 bits per heavy atom. The van der Waals surface area contributed by atoms with Gasteiger partial charge in [0.05, 0.1) is 11.0 Å². The van der Waals surface area contributed by atoms with Crippen molar-refractivity contribution in [2.75, 3.05) is 0 Å². The molecule has 2 aromatic heterocycles. The second kappa shape index (κ2) is 5.83. The van der Waals surface area contributed by atoms with Crippen molar-refractivity contribution in [3.8, 4) is 0 Å². The van der Waals surface area contributed by atoms with Crippen LogP contribution in [0.4, 0.5) is 5.69 Å². The monoisotopic (exact) mass is 310 g/mol. The topological polar surface area (TPSA) is 116 Å². The van der Waals surface area contributed by atoms with E-state index in [1.165, 1.54) is 18.6 Å². The molecule has 0 aromatic carbocycles. The largest absolute Gasteiger partial charge is 0.342 e. The molecule has 21 heavy (non-hydrogen) atoms. The van der Waals surface area contributed by atoms with Gasteiger partial charge in [0.1, 0.15) is 11.9 Å². The molecular formula is C11H11ClN6O3. The highest BCUT2D eigenvalue weighted by atomic mass is 35.5. The molecule has 0 radical (unpaired) electrons. The number of carbonyl (C=O) groups is 1. The highest BCUT2D eigenvalue weighted by Crippen LogP contribution is 2.26. The number of amides is 1. The molecule has 9 nitrogen and oxygen atoms in total. The number of hydrogen-bond donors (Lipinski definition) is 1. The van der Waals surface area contributed by atoms with E-state index in [1.807, 2.05) is 0 Å². The van der Waals surface area contributed by atoms with Crippen LogP contribution in [0.3, 0.4) is 0 Å². The summed E-state index contributed by atoms with van der Waals surface area (Å²) in [5, 5.41) is 20.8. The lowest BCUT2D eigenvalue weighted by Gasteiger charge is -2.13. The molecule has 0 aliphatic carbocycles. The molecule has 10 heteroatoms. The van der Waals surface area contributed by atoms with Crippen molar-refractivity contribution in [2.45, 2.75) is 13.0 Å². The normalized spacial score (nSPS) is 12.0. The molecule has 2 rings (SSSR count). The predicted molar refractivity (Wildman–Crippen MR) is 72.8 cm³/mol. The number of nitro groups is 1. The lowest BCUT2D eigenvalue weighted by atomic mass is 10.2. The van der Waals surface area contributed by atoms with Crippen LogP contribution in [-0.2, 0) is 7.05 Å². The van der Waals surface area contributed by atoms with E-state index in [1.54, 1.807) is 18.5 Å². The van der Waals surface area contributed by atoms with E-state index in [9.17, 15) is 14.9 Å². The Kier molecular flexibility index (Phi) is 4.13. The lowest BCUT2D eigenvalue weighted by Crippen LogP contribution is -2.29. The number of hydrogen-bond acceptors (Lipinski definition) is 6. The molecular weight excluding hydrogens is 300 g/mol. The van der Waals surface area contributed by atoms with Gasteiger partial charge in [-0.1, -0.05) is 11.6 Å². The van der Waals surface area contributed by atoms with E-state index in [2.05, 4.69) is 20.5 Å². The number of halogens is 1. The molecule has 0 saturated carbocycles. The summed E-state index contributed by atoms with van der Waals surface area (Å²) in [6, 6.07) is 0.763. The van der Waals surface area contributed by atoms with E-state index >= 15 is 0 Å². The average Bonchev–Trinajstić information content (AvgIpc) is 2.84. The first-order chi connectivity index (χ1) is 9.91. The van der Waals surface area contributed by atoms with Crippen LogP contribution < -0.4 is 5.32 Å². The molecule has 0 spiro atoms. The van der Waals surface area contributed by atoms with Crippen LogP contribution in [0.2, 0.25) is 5.15 Å². The summed E-state index contributed by atoms with van der Waals surface area (Å²) < 4.78 is 1.64. The zero-order valence-electron chi connectivity index (χ0n) is 11.1. The molecule has 1 amide bonds. The van der Waals surface area contributed by atoms with E-state index < -0.39 is 22.6 Å². The fourth-order valence-electron chi connectivity index (χ4n) is 1.81. The van der Waals surface area contributed by atoms with Crippen molar-refractivity contribution in [3.05, 3.63) is 45.2 Å². The lowest BCUT2D eigenvalue weighted by molar-refractivity contribution is -0.385. The molecule has 0 aliphatic rings. The highest BCUT2D eigenvalue weighted by molar-refractivity contribution is 6.32. The van der Waals surface area contributed by atoms with Crippen molar-refractivity contribution in [2.24, 2.45) is 7.05 Å². The third-order valence-corrected chi connectivity index (χ3v) is 3.06. The van der Waals surface area contributed by atoms with Gasteiger partial charge in [-0.05, 0) is 13.0 Å². The first-order valence-electron chi connectivity index (χ1n) is 5.85. The van der Waals surface area contributed by atoms with Crippen LogP contribution in [0.15, 0.2) is 18.6 Å². The Labute approximate surface area is 124 Å². The summed E-state index contributed by atoms with van der Waals surface area (Å²) >= 11 is 5.67. The van der Waals surface area contributed by atoms with Gasteiger partial charge >= 0.3 is 5.69 Å². The fraction of sp³-hybridized carbons (Fsp3) is 0.273. The van der Waals surface area contributed by atoms with Gasteiger partial charge in [0.15, 0.2) is 5.82 Å². The molecule has 0 fully saturated rings. The number of nitrogens with zero attached hydrogens (tertiary/aromatic N) is 5. The average molecular weight is 311 g/mol. The Morgan fingerprint density at radius 2 is 2.29 bits per heavy atom. The number of carbonyl (C=O) groups excluding carboxylic acids is 1. The van der Waals surface area contributed by atoms with Gasteiger partial charge < -0.3 is 9.88 Å². The molecule has 0 aliphatic heterocycles. The van der Waals surface area contributed by atoms with Gasteiger partial charge in [0, 0.05) is 13.2 Å². The second-order valence-corrected chi connectivity index (χ2v) is 4.61. The van der Waals surface area contributed by atoms with Crippen LogP contribution in [0, 0.1) is 10.1 Å². The number of aromatic nitrogens is 4. The number of rotatable bonds is 4. The van der Waals surface area contributed by atoms with Crippen LogP contribution >= 0.6 is 11.6 Å². The molecule has 2 heterocycles. The summed E-state index contributed by atoms with van der Waals surface area (Å²) in [7, 11) is 1.73. The molecule has 2 aromatic rings. The number of nitrogens with one attached hydrogen (secondary N) is 1. The number of pyridine rings is 1. The van der Waals surface area contributed by atoms with Gasteiger partial charge in [0.25, 0.3) is 5.91 Å². The van der Waals surface area contributed by atoms with E-state index in [0.29, 0.717) is 5.82 Å². The highest BCUT2D eigenvalue weighted by Gasteiger charge is 2.26. The molecule has 0 saturated heterocycles. The Bertz CT molecular complexity index is 701. The smallest absolute Gasteiger partial charge is 0.319 e. The maximum absolute atomic E-state index is 12.2. The Hall–Kier alpha value is -2.55. The van der Waals surface area contributed by atoms with Crippen molar-refractivity contribution >= 4 is 23.2 Å². The maximum atomic E-state index is 12.2. The minimum absolute atomic E-state index is 0.158. The second-order valence-electron chi connectivity index (χ2n) is 4.25. The molecule has 1 unspecified atom stereocenters. The van der Waals surface area contributed by atoms with Crippen molar-refractivity contribution in [1.82, 2.24) is 25.1 Å². The first kappa shape index (κ1) is 14.9. The first-order valence-corrected chi connectivity index (χ1v) is 6.23. The van der Waals surface area contributed by atoms with Gasteiger partial charge in [-0.15, -0.1) is 10.2 Å². The standard InChI is InChI=1S/C11H11ClN6O3/c1-6(10-16-14-5-17(10)2)15-11(19)7-3-4-13-9(12)8(7)18(20)21/h3-6H,1-2H3,(H,15,19). The molecule has 1 atom stereocenters. The minimum Gasteiger partial charge on any atom is -0.342 e. The maximum Gasteiger partial charge on any atom is 0.319 e. The SMILES string of the molecule is CC(NC(=O)c1ccnc(Cl)c1[N+](=O)[O-])c1nncn1C. The van der Waals surface area contributed by atoms with Crippen LogP contribution in [0.1, 0.15) is 29.1 Å². The summed E-state index contributed by atoms with van der Waals surface area (Å²) in [6.45, 7) is 1.69. The minimum atomic E-state index is -0.739. The third kappa shape index (κ3) is 2.97. The van der Waals surface area contributed by atoms with Crippen molar-refractivity contribution < 1.29 is 9.72 Å². The Balaban J connectivity index is 2.28. The third-order valence-electron chi connectivity index (χ3n) is 2.79. The van der Waals surface area contributed by atoms with E-state index in [-0.39, 0.29) is 10.7 Å². The quantitative estimate of drug-likeness (QED) is 0.516. The van der Waals surface area contributed by atoms with E-state index in [0.717, 1.165) is 0 Å². The Morgan fingerprint density at radius 1 is 1.57 bits per heavy atom. The molecule has 1 N–H and O–H groups in total. The predicted octanol–water partition coefficient (Wildman–Crippen LogP) is 1.26. The van der Waals surface area contributed by atoms with Gasteiger partial charge in [-0.2, -0.15) is 0 Å². The van der Waals surface area contributed by atoms with E-state index in [4.69, 9.17) is 11.6 Å². The van der Waals surface area contributed by atoms with Gasteiger partial charge in [-0.25, -0.2) is 4.98 Å². The summed E-state index contributed by atoms with van der Waals surface area (Å²) in [5.74, 6) is -0.118. The fourth-order valence-corrected chi connectivity index (χ4v) is 2.04. The van der Waals surface area contributed by atoms with Crippen LogP contribution in [0.25, 0.3) is 0 Å². The zero-order chi connectivity index (χ0) is 15.6.